The minimum Gasteiger partial charge on any atom is -0.496 e. The molecule has 0 aliphatic heterocycles. The molecule has 2 heterocycles. The van der Waals surface area contributed by atoms with Crippen LogP contribution in [0, 0.1) is 0 Å². The van der Waals surface area contributed by atoms with Gasteiger partial charge in [0.05, 0.1) is 23.7 Å². The van der Waals surface area contributed by atoms with Crippen molar-refractivity contribution in [2.75, 3.05) is 13.7 Å². The molecule has 8 nitrogen and oxygen atoms in total. The van der Waals surface area contributed by atoms with E-state index >= 15 is 0 Å². The standard InChI is InChI=1S/C24H24N4O4/c1-3-4-9-27-24(30)28-11-8-15-12-16(5-6-20(15)28)32-21-7-10-26-19-14-22(31-2)18(23(25)29)13-17(19)21/h5-8,10-14H,3-4,9H2,1-2H3,(H2,25,29)(H,27,30). The molecule has 2 aromatic carbocycles. The minimum absolute atomic E-state index is 0.157. The normalized spacial score (nSPS) is 10.9. The van der Waals surface area contributed by atoms with Gasteiger partial charge in [-0.15, -0.1) is 0 Å². The predicted molar refractivity (Wildman–Crippen MR) is 123 cm³/mol. The van der Waals surface area contributed by atoms with E-state index in [2.05, 4.69) is 17.2 Å². The number of rotatable bonds is 7. The van der Waals surface area contributed by atoms with Gasteiger partial charge < -0.3 is 20.5 Å². The minimum atomic E-state index is -0.599. The van der Waals surface area contributed by atoms with Crippen molar-refractivity contribution < 1.29 is 19.1 Å². The van der Waals surface area contributed by atoms with Crippen LogP contribution >= 0.6 is 0 Å². The number of hydrogen-bond acceptors (Lipinski definition) is 5. The van der Waals surface area contributed by atoms with Crippen molar-refractivity contribution in [1.29, 1.82) is 0 Å². The highest BCUT2D eigenvalue weighted by molar-refractivity contribution is 6.01. The monoisotopic (exact) mass is 432 g/mol. The maximum absolute atomic E-state index is 12.4. The summed E-state index contributed by atoms with van der Waals surface area (Å²) in [7, 11) is 1.47. The van der Waals surface area contributed by atoms with E-state index in [1.807, 2.05) is 18.2 Å². The van der Waals surface area contributed by atoms with Gasteiger partial charge in [0, 0.05) is 35.8 Å². The smallest absolute Gasteiger partial charge is 0.326 e. The van der Waals surface area contributed by atoms with Gasteiger partial charge >= 0.3 is 6.03 Å². The van der Waals surface area contributed by atoms with E-state index in [1.165, 1.54) is 7.11 Å². The molecule has 0 atom stereocenters. The zero-order chi connectivity index (χ0) is 22.7. The number of ether oxygens (including phenoxy) is 2. The number of nitrogens with two attached hydrogens (primary N) is 1. The van der Waals surface area contributed by atoms with Gasteiger partial charge in [0.2, 0.25) is 0 Å². The van der Waals surface area contributed by atoms with Crippen molar-refractivity contribution in [2.45, 2.75) is 19.8 Å². The third-order valence-electron chi connectivity index (χ3n) is 5.20. The molecule has 0 fully saturated rings. The number of aromatic nitrogens is 2. The summed E-state index contributed by atoms with van der Waals surface area (Å²) in [5.41, 5.74) is 7.14. The summed E-state index contributed by atoms with van der Waals surface area (Å²) in [4.78, 5) is 28.6. The van der Waals surface area contributed by atoms with Crippen molar-refractivity contribution in [2.24, 2.45) is 5.73 Å². The van der Waals surface area contributed by atoms with E-state index in [9.17, 15) is 9.59 Å². The Labute approximate surface area is 184 Å². The Morgan fingerprint density at radius 1 is 1.12 bits per heavy atom. The lowest BCUT2D eigenvalue weighted by Crippen LogP contribution is -2.28. The molecular formula is C24H24N4O4. The van der Waals surface area contributed by atoms with Gasteiger partial charge in [-0.3, -0.25) is 14.3 Å². The van der Waals surface area contributed by atoms with Crippen LogP contribution in [0.4, 0.5) is 4.79 Å². The molecule has 2 amide bonds. The van der Waals surface area contributed by atoms with Gasteiger partial charge in [0.25, 0.3) is 5.91 Å². The number of unbranched alkanes of at least 4 members (excludes halogenated alkanes) is 1. The fourth-order valence-electron chi connectivity index (χ4n) is 3.54. The number of amides is 2. The number of pyridine rings is 1. The van der Waals surface area contributed by atoms with E-state index in [1.54, 1.807) is 41.2 Å². The van der Waals surface area contributed by atoms with E-state index in [-0.39, 0.29) is 11.6 Å². The zero-order valence-corrected chi connectivity index (χ0v) is 17.9. The van der Waals surface area contributed by atoms with E-state index in [0.29, 0.717) is 34.7 Å². The van der Waals surface area contributed by atoms with Crippen molar-refractivity contribution in [3.05, 3.63) is 60.4 Å². The number of benzene rings is 2. The number of primary amides is 1. The van der Waals surface area contributed by atoms with Crippen LogP contribution in [0.1, 0.15) is 30.1 Å². The van der Waals surface area contributed by atoms with Gasteiger partial charge in [0.15, 0.2) is 0 Å². The van der Waals surface area contributed by atoms with Gasteiger partial charge in [0.1, 0.15) is 17.2 Å². The first kappa shape index (κ1) is 21.2. The van der Waals surface area contributed by atoms with Crippen LogP contribution in [0.3, 0.4) is 0 Å². The predicted octanol–water partition coefficient (Wildman–Crippen LogP) is 4.45. The average molecular weight is 432 g/mol. The van der Waals surface area contributed by atoms with Gasteiger partial charge in [-0.2, -0.15) is 0 Å². The molecule has 0 aliphatic rings. The topological polar surface area (TPSA) is 108 Å². The molecule has 0 spiro atoms. The zero-order valence-electron chi connectivity index (χ0n) is 17.9. The molecule has 0 unspecified atom stereocenters. The summed E-state index contributed by atoms with van der Waals surface area (Å²) in [6, 6.07) is 12.2. The Kier molecular flexibility index (Phi) is 5.93. The van der Waals surface area contributed by atoms with Crippen LogP contribution in [0.2, 0.25) is 0 Å². The molecule has 3 N–H and O–H groups in total. The number of carbonyl (C=O) groups excluding carboxylic acids is 2. The highest BCUT2D eigenvalue weighted by Crippen LogP contribution is 2.34. The lowest BCUT2D eigenvalue weighted by molar-refractivity contribution is 0.0997. The van der Waals surface area contributed by atoms with Gasteiger partial charge in [-0.1, -0.05) is 13.3 Å². The number of fused-ring (bicyclic) bond motifs is 2. The molecule has 0 radical (unpaired) electrons. The fraction of sp³-hybridized carbons (Fsp3) is 0.208. The van der Waals surface area contributed by atoms with Crippen molar-refractivity contribution >= 4 is 33.7 Å². The number of carbonyl (C=O) groups is 2. The fourth-order valence-corrected chi connectivity index (χ4v) is 3.54. The van der Waals surface area contributed by atoms with Crippen molar-refractivity contribution in [3.8, 4) is 17.2 Å². The largest absolute Gasteiger partial charge is 0.496 e. The van der Waals surface area contributed by atoms with Crippen LogP contribution in [-0.4, -0.2) is 35.1 Å². The van der Waals surface area contributed by atoms with Crippen LogP contribution in [0.5, 0.6) is 17.2 Å². The summed E-state index contributed by atoms with van der Waals surface area (Å²) in [5.74, 6) is 0.870. The number of nitrogens with one attached hydrogen (secondary N) is 1. The Bertz CT molecular complexity index is 1310. The molecule has 0 saturated carbocycles. The van der Waals surface area contributed by atoms with Crippen LogP contribution in [-0.2, 0) is 0 Å². The van der Waals surface area contributed by atoms with E-state index in [4.69, 9.17) is 15.2 Å². The SMILES string of the molecule is CCCCNC(=O)n1ccc2cc(Oc3ccnc4cc(OC)c(C(N)=O)cc34)ccc21. The molecule has 0 aliphatic carbocycles. The first-order valence-corrected chi connectivity index (χ1v) is 10.4. The van der Waals surface area contributed by atoms with Crippen molar-refractivity contribution in [3.63, 3.8) is 0 Å². The lowest BCUT2D eigenvalue weighted by Gasteiger charge is -2.12. The first-order chi connectivity index (χ1) is 15.5. The summed E-state index contributed by atoms with van der Waals surface area (Å²) < 4.78 is 13.0. The molecule has 2 aromatic heterocycles. The average Bonchev–Trinajstić information content (AvgIpc) is 3.21. The Morgan fingerprint density at radius 3 is 2.72 bits per heavy atom. The molecule has 32 heavy (non-hydrogen) atoms. The first-order valence-electron chi connectivity index (χ1n) is 10.4. The number of nitrogens with zero attached hydrogens (tertiary/aromatic N) is 2. The molecule has 164 valence electrons. The summed E-state index contributed by atoms with van der Waals surface area (Å²) in [6.07, 6.45) is 5.32. The van der Waals surface area contributed by atoms with Gasteiger partial charge in [-0.25, -0.2) is 4.79 Å². The van der Waals surface area contributed by atoms with Gasteiger partial charge in [-0.05, 0) is 42.8 Å². The second kappa shape index (κ2) is 8.97. The quantitative estimate of drug-likeness (QED) is 0.420. The van der Waals surface area contributed by atoms with Crippen molar-refractivity contribution in [1.82, 2.24) is 14.9 Å². The number of hydrogen-bond donors (Lipinski definition) is 2. The molecule has 0 bridgehead atoms. The third-order valence-corrected chi connectivity index (χ3v) is 5.20. The number of methoxy groups -OCH3 is 1. The Balaban J connectivity index is 1.65. The second-order valence-corrected chi connectivity index (χ2v) is 7.34. The maximum Gasteiger partial charge on any atom is 0.326 e. The van der Waals surface area contributed by atoms with Crippen LogP contribution < -0.4 is 20.5 Å². The van der Waals surface area contributed by atoms with E-state index in [0.717, 1.165) is 23.7 Å². The molecule has 4 aromatic rings. The lowest BCUT2D eigenvalue weighted by atomic mass is 10.1. The summed E-state index contributed by atoms with van der Waals surface area (Å²) >= 11 is 0. The molecule has 8 heteroatoms. The Morgan fingerprint density at radius 2 is 1.97 bits per heavy atom. The second-order valence-electron chi connectivity index (χ2n) is 7.34. The highest BCUT2D eigenvalue weighted by atomic mass is 16.5. The molecule has 0 saturated heterocycles. The molecular weight excluding hydrogens is 408 g/mol. The summed E-state index contributed by atoms with van der Waals surface area (Å²) in [5, 5.41) is 4.42. The van der Waals surface area contributed by atoms with E-state index < -0.39 is 5.91 Å². The van der Waals surface area contributed by atoms with Crippen LogP contribution in [0.25, 0.3) is 21.8 Å². The molecule has 4 rings (SSSR count). The Hall–Kier alpha value is -4.07. The van der Waals surface area contributed by atoms with Crippen LogP contribution in [0.15, 0.2) is 54.9 Å². The highest BCUT2D eigenvalue weighted by Gasteiger charge is 2.15. The third kappa shape index (κ3) is 4.07. The summed E-state index contributed by atoms with van der Waals surface area (Å²) in [6.45, 7) is 2.72. The maximum atomic E-state index is 12.4.